The van der Waals surface area contributed by atoms with Gasteiger partial charge in [0.25, 0.3) is 5.91 Å². The summed E-state index contributed by atoms with van der Waals surface area (Å²) in [4.78, 5) is 19.6. The van der Waals surface area contributed by atoms with E-state index < -0.39 is 0 Å². The van der Waals surface area contributed by atoms with Crippen LogP contribution in [0, 0.1) is 0 Å². The average molecular weight is 276 g/mol. The highest BCUT2D eigenvalue weighted by Crippen LogP contribution is 2.37. The van der Waals surface area contributed by atoms with E-state index in [9.17, 15) is 4.79 Å². The minimum absolute atomic E-state index is 0.0981. The van der Waals surface area contributed by atoms with Gasteiger partial charge in [-0.15, -0.1) is 16.4 Å². The van der Waals surface area contributed by atoms with Gasteiger partial charge in [-0.3, -0.25) is 9.89 Å². The van der Waals surface area contributed by atoms with E-state index in [1.54, 1.807) is 16.2 Å². The molecule has 6 heteroatoms. The van der Waals surface area contributed by atoms with Crippen LogP contribution in [0.5, 0.6) is 0 Å². The Morgan fingerprint density at radius 2 is 2.42 bits per heavy atom. The molecule has 2 heterocycles. The molecule has 5 nitrogen and oxygen atoms in total. The van der Waals surface area contributed by atoms with E-state index in [4.69, 9.17) is 0 Å². The Bertz CT molecular complexity index is 559. The number of nitrogens with zero attached hydrogens (tertiary/aromatic N) is 3. The van der Waals surface area contributed by atoms with Crippen molar-refractivity contribution in [3.05, 3.63) is 34.0 Å². The Labute approximate surface area is 115 Å². The van der Waals surface area contributed by atoms with Gasteiger partial charge >= 0.3 is 0 Å². The van der Waals surface area contributed by atoms with E-state index in [1.165, 1.54) is 4.88 Å². The van der Waals surface area contributed by atoms with Crippen molar-refractivity contribution in [3.8, 4) is 0 Å². The molecule has 2 aromatic heterocycles. The van der Waals surface area contributed by atoms with Crippen LogP contribution in [0.25, 0.3) is 0 Å². The lowest BCUT2D eigenvalue weighted by Crippen LogP contribution is -2.30. The zero-order chi connectivity index (χ0) is 13.2. The van der Waals surface area contributed by atoms with Crippen molar-refractivity contribution in [2.45, 2.75) is 32.2 Å². The molecule has 100 valence electrons. The standard InChI is InChI=1S/C13H16N4OS/c1-2-17(8-10-4-3-7-19-10)13(18)12-14-11(15-16-12)9-5-6-9/h3-4,7,9H,2,5-6,8H2,1H3,(H,14,15,16). The van der Waals surface area contributed by atoms with Crippen LogP contribution in [0.2, 0.25) is 0 Å². The van der Waals surface area contributed by atoms with Crippen molar-refractivity contribution in [1.29, 1.82) is 0 Å². The Balaban J connectivity index is 1.72. The van der Waals surface area contributed by atoms with Crippen molar-refractivity contribution < 1.29 is 4.79 Å². The van der Waals surface area contributed by atoms with Crippen LogP contribution < -0.4 is 0 Å². The zero-order valence-corrected chi connectivity index (χ0v) is 11.6. The molecule has 0 spiro atoms. The molecule has 1 aliphatic rings. The molecule has 2 aromatic rings. The van der Waals surface area contributed by atoms with Gasteiger partial charge in [0.1, 0.15) is 5.82 Å². The van der Waals surface area contributed by atoms with Crippen LogP contribution in [-0.4, -0.2) is 32.5 Å². The molecule has 3 rings (SSSR count). The lowest BCUT2D eigenvalue weighted by molar-refractivity contribution is 0.0742. The number of nitrogens with one attached hydrogen (secondary N) is 1. The molecule has 0 aromatic carbocycles. The minimum atomic E-state index is -0.0981. The summed E-state index contributed by atoms with van der Waals surface area (Å²) in [5, 5.41) is 8.95. The highest BCUT2D eigenvalue weighted by Gasteiger charge is 2.29. The van der Waals surface area contributed by atoms with Crippen LogP contribution in [0.3, 0.4) is 0 Å². The monoisotopic (exact) mass is 276 g/mol. The largest absolute Gasteiger partial charge is 0.331 e. The van der Waals surface area contributed by atoms with Gasteiger partial charge in [-0.05, 0) is 31.2 Å². The van der Waals surface area contributed by atoms with E-state index in [-0.39, 0.29) is 5.91 Å². The molecular formula is C13H16N4OS. The first-order chi connectivity index (χ1) is 9.28. The summed E-state index contributed by atoms with van der Waals surface area (Å²) in [6, 6.07) is 4.03. The fourth-order valence-electron chi connectivity index (χ4n) is 1.97. The molecule has 1 amide bonds. The first kappa shape index (κ1) is 12.3. The SMILES string of the molecule is CCN(Cc1cccs1)C(=O)c1n[nH]c(C2CC2)n1. The Morgan fingerprint density at radius 1 is 1.58 bits per heavy atom. The number of carbonyl (C=O) groups excluding carboxylic acids is 1. The van der Waals surface area contributed by atoms with Gasteiger partial charge in [0.15, 0.2) is 0 Å². The molecule has 19 heavy (non-hydrogen) atoms. The number of aromatic nitrogens is 3. The second-order valence-electron chi connectivity index (χ2n) is 4.72. The second-order valence-corrected chi connectivity index (χ2v) is 5.75. The molecule has 0 radical (unpaired) electrons. The lowest BCUT2D eigenvalue weighted by atomic mass is 10.3. The summed E-state index contributed by atoms with van der Waals surface area (Å²) in [5.41, 5.74) is 0. The van der Waals surface area contributed by atoms with Gasteiger partial charge in [-0.25, -0.2) is 4.98 Å². The van der Waals surface area contributed by atoms with Crippen molar-refractivity contribution >= 4 is 17.2 Å². The number of aromatic amines is 1. The summed E-state index contributed by atoms with van der Waals surface area (Å²) in [6.07, 6.45) is 2.30. The maximum atomic E-state index is 12.3. The van der Waals surface area contributed by atoms with Crippen molar-refractivity contribution in [3.63, 3.8) is 0 Å². The average Bonchev–Trinajstić information content (AvgIpc) is 2.95. The predicted octanol–water partition coefficient (Wildman–Crippen LogP) is 2.41. The quantitative estimate of drug-likeness (QED) is 0.912. The number of hydrogen-bond acceptors (Lipinski definition) is 4. The topological polar surface area (TPSA) is 61.9 Å². The van der Waals surface area contributed by atoms with Gasteiger partial charge in [0.05, 0.1) is 6.54 Å². The van der Waals surface area contributed by atoms with Gasteiger partial charge in [-0.1, -0.05) is 6.07 Å². The minimum Gasteiger partial charge on any atom is -0.331 e. The van der Waals surface area contributed by atoms with E-state index >= 15 is 0 Å². The van der Waals surface area contributed by atoms with Crippen LogP contribution in [-0.2, 0) is 6.54 Å². The molecular weight excluding hydrogens is 260 g/mol. The maximum absolute atomic E-state index is 12.3. The normalized spacial score (nSPS) is 14.6. The van der Waals surface area contributed by atoms with E-state index in [0.29, 0.717) is 24.8 Å². The fraction of sp³-hybridized carbons (Fsp3) is 0.462. The molecule has 0 saturated heterocycles. The summed E-state index contributed by atoms with van der Waals surface area (Å²) in [6.45, 7) is 3.25. The van der Waals surface area contributed by atoms with E-state index in [1.807, 2.05) is 24.4 Å². The van der Waals surface area contributed by atoms with E-state index in [2.05, 4.69) is 15.2 Å². The maximum Gasteiger partial charge on any atom is 0.293 e. The third kappa shape index (κ3) is 2.68. The summed E-state index contributed by atoms with van der Waals surface area (Å²) >= 11 is 1.66. The second kappa shape index (κ2) is 5.13. The van der Waals surface area contributed by atoms with Gasteiger partial charge in [-0.2, -0.15) is 0 Å². The number of H-pyrrole nitrogens is 1. The Kier molecular flexibility index (Phi) is 3.33. The zero-order valence-electron chi connectivity index (χ0n) is 10.8. The number of hydrogen-bond donors (Lipinski definition) is 1. The van der Waals surface area contributed by atoms with Crippen molar-refractivity contribution in [1.82, 2.24) is 20.1 Å². The third-order valence-electron chi connectivity index (χ3n) is 3.25. The van der Waals surface area contributed by atoms with Crippen LogP contribution >= 0.6 is 11.3 Å². The molecule has 1 aliphatic carbocycles. The number of amides is 1. The first-order valence-corrected chi connectivity index (χ1v) is 7.40. The molecule has 0 atom stereocenters. The number of rotatable bonds is 5. The number of thiophene rings is 1. The molecule has 1 N–H and O–H groups in total. The number of carbonyl (C=O) groups is 1. The fourth-order valence-corrected chi connectivity index (χ4v) is 2.69. The lowest BCUT2D eigenvalue weighted by Gasteiger charge is -2.18. The van der Waals surface area contributed by atoms with Crippen molar-refractivity contribution in [2.75, 3.05) is 6.54 Å². The molecule has 0 aliphatic heterocycles. The van der Waals surface area contributed by atoms with E-state index in [0.717, 1.165) is 18.7 Å². The van der Waals surface area contributed by atoms with Crippen LogP contribution in [0.15, 0.2) is 17.5 Å². The molecule has 0 bridgehead atoms. The summed E-state index contributed by atoms with van der Waals surface area (Å²) < 4.78 is 0. The summed E-state index contributed by atoms with van der Waals surface area (Å²) in [5.74, 6) is 1.54. The third-order valence-corrected chi connectivity index (χ3v) is 4.11. The molecule has 1 saturated carbocycles. The van der Waals surface area contributed by atoms with Gasteiger partial charge in [0.2, 0.25) is 5.82 Å². The Morgan fingerprint density at radius 3 is 3.05 bits per heavy atom. The Hall–Kier alpha value is -1.69. The van der Waals surface area contributed by atoms with Gasteiger partial charge < -0.3 is 4.90 Å². The van der Waals surface area contributed by atoms with Crippen LogP contribution in [0.4, 0.5) is 0 Å². The first-order valence-electron chi connectivity index (χ1n) is 6.52. The predicted molar refractivity (Wildman–Crippen MR) is 73.1 cm³/mol. The molecule has 1 fully saturated rings. The smallest absolute Gasteiger partial charge is 0.293 e. The summed E-state index contributed by atoms with van der Waals surface area (Å²) in [7, 11) is 0. The van der Waals surface area contributed by atoms with Crippen LogP contribution in [0.1, 0.15) is 47.0 Å². The highest BCUT2D eigenvalue weighted by molar-refractivity contribution is 7.09. The van der Waals surface area contributed by atoms with Gasteiger partial charge in [0, 0.05) is 17.3 Å². The molecule has 0 unspecified atom stereocenters. The highest BCUT2D eigenvalue weighted by atomic mass is 32.1. The van der Waals surface area contributed by atoms with Crippen molar-refractivity contribution in [2.24, 2.45) is 0 Å².